The number of hydrogen-bond donors (Lipinski definition) is 9. The number of hydrogen-bond acceptors (Lipinski definition) is 17. The lowest BCUT2D eigenvalue weighted by Crippen LogP contribution is -2.67. The van der Waals surface area contributed by atoms with Gasteiger partial charge in [0.2, 0.25) is 0 Å². The minimum absolute atomic E-state index is 0.0370. The van der Waals surface area contributed by atoms with E-state index in [2.05, 4.69) is 20.8 Å². The molecular formula is C50H95O18P. The highest BCUT2D eigenvalue weighted by Crippen LogP contribution is 2.48. The van der Waals surface area contributed by atoms with E-state index in [9.17, 15) is 59.9 Å². The molecule has 1 heterocycles. The molecule has 408 valence electrons. The van der Waals surface area contributed by atoms with Crippen LogP contribution >= 0.6 is 7.82 Å². The van der Waals surface area contributed by atoms with Crippen LogP contribution in [0, 0.1) is 5.92 Å². The molecule has 18 nitrogen and oxygen atoms in total. The molecule has 0 amide bonds. The van der Waals surface area contributed by atoms with Gasteiger partial charge in [-0.05, 0) is 18.8 Å². The van der Waals surface area contributed by atoms with Crippen LogP contribution < -0.4 is 0 Å². The molecule has 0 aromatic carbocycles. The van der Waals surface area contributed by atoms with Crippen LogP contribution in [0.1, 0.15) is 207 Å². The summed E-state index contributed by atoms with van der Waals surface area (Å²) in [6.45, 7) is 4.58. The Labute approximate surface area is 412 Å². The molecule has 0 spiro atoms. The van der Waals surface area contributed by atoms with Gasteiger partial charge >= 0.3 is 19.8 Å². The topological polar surface area (TPSA) is 289 Å². The van der Waals surface area contributed by atoms with E-state index in [0.29, 0.717) is 12.8 Å². The Kier molecular flexibility index (Phi) is 34.6. The van der Waals surface area contributed by atoms with E-state index in [4.69, 9.17) is 28.0 Å². The molecular weight excluding hydrogens is 920 g/mol. The zero-order chi connectivity index (χ0) is 51.0. The smallest absolute Gasteiger partial charge is 0.462 e. The quantitative estimate of drug-likeness (QED) is 0.0178. The lowest BCUT2D eigenvalue weighted by molar-refractivity contribution is -0.338. The van der Waals surface area contributed by atoms with Gasteiger partial charge < -0.3 is 64.7 Å². The van der Waals surface area contributed by atoms with E-state index < -0.39 is 113 Å². The summed E-state index contributed by atoms with van der Waals surface area (Å²) in [7, 11) is -5.37. The largest absolute Gasteiger partial charge is 0.472 e. The summed E-state index contributed by atoms with van der Waals surface area (Å²) in [6.07, 6.45) is 7.53. The number of esters is 2. The van der Waals surface area contributed by atoms with Crippen molar-refractivity contribution in [3.8, 4) is 0 Å². The Bertz CT molecular complexity index is 1360. The highest BCUT2D eigenvalue weighted by molar-refractivity contribution is 7.47. The maximum atomic E-state index is 13.4. The minimum Gasteiger partial charge on any atom is -0.462 e. The Balaban J connectivity index is 1.94. The Morgan fingerprint density at radius 3 is 1.43 bits per heavy atom. The average molecular weight is 1020 g/mol. The van der Waals surface area contributed by atoms with Crippen LogP contribution in [0.4, 0.5) is 0 Å². The summed E-state index contributed by atoms with van der Waals surface area (Å²) in [5.74, 6) is -0.485. The summed E-state index contributed by atoms with van der Waals surface area (Å²) in [5.41, 5.74) is 0. The zero-order valence-electron chi connectivity index (χ0n) is 42.3. The molecule has 0 bridgehead atoms. The first-order valence-corrected chi connectivity index (χ1v) is 28.2. The maximum Gasteiger partial charge on any atom is 0.472 e. The van der Waals surface area contributed by atoms with Gasteiger partial charge in [0.1, 0.15) is 67.6 Å². The molecule has 2 aliphatic rings. The zero-order valence-corrected chi connectivity index (χ0v) is 43.2. The van der Waals surface area contributed by atoms with Crippen LogP contribution in [0.15, 0.2) is 0 Å². The molecule has 2 fully saturated rings. The Morgan fingerprint density at radius 1 is 0.536 bits per heavy atom. The molecule has 14 atom stereocenters. The van der Waals surface area contributed by atoms with Crippen LogP contribution in [0.25, 0.3) is 0 Å². The van der Waals surface area contributed by atoms with Crippen molar-refractivity contribution in [1.82, 2.24) is 0 Å². The first-order valence-electron chi connectivity index (χ1n) is 26.8. The molecule has 69 heavy (non-hydrogen) atoms. The number of rotatable bonds is 41. The first-order chi connectivity index (χ1) is 33.1. The van der Waals surface area contributed by atoms with Crippen molar-refractivity contribution in [2.24, 2.45) is 5.92 Å². The number of aliphatic hydroxyl groups excluding tert-OH is 8. The number of carbonyl (C=O) groups is 2. The lowest BCUT2D eigenvalue weighted by atomic mass is 9.84. The van der Waals surface area contributed by atoms with Gasteiger partial charge in [-0.15, -0.1) is 0 Å². The van der Waals surface area contributed by atoms with Gasteiger partial charge in [0.25, 0.3) is 0 Å². The average Bonchev–Trinajstić information content (AvgIpc) is 3.32. The number of ether oxygens (including phenoxy) is 4. The number of aliphatic hydroxyl groups is 8. The van der Waals surface area contributed by atoms with Gasteiger partial charge in [0.15, 0.2) is 12.4 Å². The van der Waals surface area contributed by atoms with Crippen LogP contribution in [0.3, 0.4) is 0 Å². The second kappa shape index (κ2) is 37.4. The van der Waals surface area contributed by atoms with E-state index in [0.717, 1.165) is 57.3 Å². The van der Waals surface area contributed by atoms with Gasteiger partial charge in [-0.3, -0.25) is 18.6 Å². The van der Waals surface area contributed by atoms with Gasteiger partial charge in [-0.1, -0.05) is 181 Å². The molecule has 1 aliphatic heterocycles. The van der Waals surface area contributed by atoms with Crippen LogP contribution in [0.5, 0.6) is 0 Å². The first kappa shape index (κ1) is 63.8. The third-order valence-corrected chi connectivity index (χ3v) is 14.4. The normalized spacial score (nSPS) is 28.0. The second-order valence-electron chi connectivity index (χ2n) is 19.7. The van der Waals surface area contributed by atoms with Crippen LogP contribution in [-0.4, -0.2) is 151 Å². The van der Waals surface area contributed by atoms with Crippen molar-refractivity contribution in [2.45, 2.75) is 280 Å². The highest BCUT2D eigenvalue weighted by Gasteiger charge is 2.55. The molecule has 1 saturated carbocycles. The maximum absolute atomic E-state index is 13.4. The van der Waals surface area contributed by atoms with E-state index >= 15 is 0 Å². The summed E-state index contributed by atoms with van der Waals surface area (Å²) in [5, 5.41) is 83.0. The fraction of sp³-hybridized carbons (Fsp3) is 0.960. The van der Waals surface area contributed by atoms with Gasteiger partial charge in [-0.25, -0.2) is 4.57 Å². The van der Waals surface area contributed by atoms with Crippen molar-refractivity contribution >= 4 is 19.8 Å². The summed E-state index contributed by atoms with van der Waals surface area (Å²) >= 11 is 0. The minimum atomic E-state index is -5.37. The number of unbranched alkanes of at least 4 members (excludes halogenated alkanes) is 22. The molecule has 9 N–H and O–H groups in total. The third-order valence-electron chi connectivity index (χ3n) is 13.5. The highest BCUT2D eigenvalue weighted by atomic mass is 31.2. The molecule has 1 saturated heterocycles. The number of phosphoric acid groups is 1. The third kappa shape index (κ3) is 26.4. The van der Waals surface area contributed by atoms with E-state index in [1.54, 1.807) is 0 Å². The predicted molar refractivity (Wildman–Crippen MR) is 259 cm³/mol. The van der Waals surface area contributed by atoms with Gasteiger partial charge in [0, 0.05) is 12.8 Å². The molecule has 0 aromatic heterocycles. The molecule has 0 radical (unpaired) electrons. The number of carbonyl (C=O) groups excluding carboxylic acids is 2. The van der Waals surface area contributed by atoms with Crippen LogP contribution in [-0.2, 0) is 42.1 Å². The van der Waals surface area contributed by atoms with Crippen LogP contribution in [0.2, 0.25) is 0 Å². The SMILES string of the molecule is CCCCCCCCCCCCCCCC(=O)OC[C@H](COP(=O)(O)O[C@H]1[C@H](O)[C@@H](O)[C@H](O)[C@@H](O)[C@H]1O[C@H]1O[C@H](CO)[C@@H](O)[C@H](O)[C@@H]1O)OC(=O)CCCCCCCC[C@H](C)CCCCCCCC. The summed E-state index contributed by atoms with van der Waals surface area (Å²) in [6, 6.07) is 0. The second-order valence-corrected chi connectivity index (χ2v) is 21.1. The molecule has 19 heteroatoms. The summed E-state index contributed by atoms with van der Waals surface area (Å²) in [4.78, 5) is 36.6. The van der Waals surface area contributed by atoms with Crippen molar-refractivity contribution in [2.75, 3.05) is 19.8 Å². The lowest BCUT2D eigenvalue weighted by Gasteiger charge is -2.47. The van der Waals surface area contributed by atoms with E-state index in [-0.39, 0.29) is 12.8 Å². The fourth-order valence-electron chi connectivity index (χ4n) is 8.95. The molecule has 0 aromatic rings. The molecule has 2 rings (SSSR count). The van der Waals surface area contributed by atoms with E-state index in [1.165, 1.54) is 109 Å². The molecule has 1 unspecified atom stereocenters. The van der Waals surface area contributed by atoms with Gasteiger partial charge in [-0.2, -0.15) is 0 Å². The number of phosphoric ester groups is 1. The molecule has 1 aliphatic carbocycles. The Hall–Kier alpha value is -1.35. The van der Waals surface area contributed by atoms with E-state index in [1.807, 2.05) is 0 Å². The van der Waals surface area contributed by atoms with Gasteiger partial charge in [0.05, 0.1) is 13.2 Å². The van der Waals surface area contributed by atoms with Crippen molar-refractivity contribution < 1.29 is 87.9 Å². The fourth-order valence-corrected chi connectivity index (χ4v) is 9.92. The standard InChI is InChI=1S/C50H95O18P/c1-4-6-8-10-12-13-14-15-16-17-18-23-27-31-39(52)63-34-37(65-40(53)32-28-24-20-19-22-26-30-36(3)29-25-21-11-9-7-5-2)35-64-69(61,62)68-49-46(59)44(57)43(56)45(58)48(49)67-50-47(60)42(55)41(54)38(33-51)66-50/h36-38,41-51,54-60H,4-35H2,1-3H3,(H,61,62)/t36-,37-,38-,41-,42+,43+,44+,45-,46-,47+,48-,49+,50-/m1/s1. The monoisotopic (exact) mass is 1010 g/mol. The van der Waals surface area contributed by atoms with Crippen molar-refractivity contribution in [3.05, 3.63) is 0 Å². The van der Waals surface area contributed by atoms with Crippen molar-refractivity contribution in [3.63, 3.8) is 0 Å². The van der Waals surface area contributed by atoms with Crippen molar-refractivity contribution in [1.29, 1.82) is 0 Å². The predicted octanol–water partition coefficient (Wildman–Crippen LogP) is 6.57. The summed E-state index contributed by atoms with van der Waals surface area (Å²) < 4.78 is 45.6. The Morgan fingerprint density at radius 2 is 0.957 bits per heavy atom.